The number of hydrogen-bond acceptors (Lipinski definition) is 14. The van der Waals surface area contributed by atoms with E-state index in [1.165, 1.54) is 17.7 Å². The topological polar surface area (TPSA) is 183 Å². The Labute approximate surface area is 457 Å². The smallest absolute Gasteiger partial charge is 0.409 e. The number of likely N-dealkylation sites (tertiary alicyclic amines) is 2. The number of fused-ring (bicyclic) bond motifs is 5. The molecule has 4 atom stereocenters. The van der Waals surface area contributed by atoms with Crippen molar-refractivity contribution in [2.75, 3.05) is 77.1 Å². The summed E-state index contributed by atoms with van der Waals surface area (Å²) < 4.78 is 51.7. The molecular weight excluding hydrogens is 1010 g/mol. The van der Waals surface area contributed by atoms with Gasteiger partial charge in [-0.1, -0.05) is 25.1 Å². The highest BCUT2D eigenvalue weighted by Gasteiger charge is 2.50. The summed E-state index contributed by atoms with van der Waals surface area (Å²) in [6.45, 7) is 9.74. The zero-order valence-corrected chi connectivity index (χ0v) is 45.0. The Bertz CT molecular complexity index is 3260. The van der Waals surface area contributed by atoms with Gasteiger partial charge in [-0.3, -0.25) is 24.6 Å². The number of nitrogens with one attached hydrogen (secondary N) is 1. The van der Waals surface area contributed by atoms with Gasteiger partial charge in [0.15, 0.2) is 5.82 Å². The minimum Gasteiger partial charge on any atom is -0.508 e. The number of benzene rings is 3. The Morgan fingerprint density at radius 1 is 0.861 bits per heavy atom. The molecule has 13 rings (SSSR count). The molecule has 4 amide bonds. The third-order valence-electron chi connectivity index (χ3n) is 18.9. The maximum absolute atomic E-state index is 17.5. The average Bonchev–Trinajstić information content (AvgIpc) is 4.26. The number of nitrogens with zero attached hydrogens (tertiary/aromatic N) is 8. The molecule has 5 aromatic rings. The third kappa shape index (κ3) is 9.60. The SMILES string of the molecule is CCc1c(F)ccc2cc(O)cc(-c3nc4c5c(nc(OC[C@@]67CCCN6[C@H](COC(=O)N6CCC(CN8CCC(c9ccc%10c(c9)CN(C9CCC(=O)NC9=O)C%10=O)CC8)CC6)CC7)nc5c3F)N3CCCOC[C@@H]3CC4)c12. The van der Waals surface area contributed by atoms with E-state index < -0.39 is 23.6 Å². The molecule has 0 bridgehead atoms. The van der Waals surface area contributed by atoms with E-state index in [-0.39, 0.29) is 71.5 Å². The fourth-order valence-electron chi connectivity index (χ4n) is 14.7. The number of anilines is 1. The number of imide groups is 1. The van der Waals surface area contributed by atoms with Crippen molar-refractivity contribution in [3.05, 3.63) is 82.0 Å². The highest BCUT2D eigenvalue weighted by Crippen LogP contribution is 2.45. The number of amides is 4. The predicted octanol–water partition coefficient (Wildman–Crippen LogP) is 7.80. The van der Waals surface area contributed by atoms with Crippen LogP contribution in [-0.4, -0.2) is 159 Å². The van der Waals surface area contributed by atoms with Crippen LogP contribution >= 0.6 is 0 Å². The van der Waals surface area contributed by atoms with Crippen molar-refractivity contribution in [1.82, 2.24) is 39.9 Å². The van der Waals surface area contributed by atoms with Gasteiger partial charge < -0.3 is 38.9 Å². The van der Waals surface area contributed by atoms with Crippen LogP contribution in [0.5, 0.6) is 11.8 Å². The molecule has 0 spiro atoms. The number of carbonyl (C=O) groups is 4. The summed E-state index contributed by atoms with van der Waals surface area (Å²) in [6, 6.07) is 11.6. The summed E-state index contributed by atoms with van der Waals surface area (Å²) in [5.74, 6) is -0.528. The molecule has 0 aliphatic carbocycles. The van der Waals surface area contributed by atoms with Crippen LogP contribution in [0.1, 0.15) is 123 Å². The minimum absolute atomic E-state index is 0.00275. The number of aromatic hydroxyl groups is 1. The molecule has 10 heterocycles. The summed E-state index contributed by atoms with van der Waals surface area (Å²) in [5, 5.41) is 14.9. The maximum atomic E-state index is 17.5. The standard InChI is InChI=1S/C60H69F2N9O8/c1-2-43-46(61)9-6-38-28-42(72)29-45(50(38)43)53-52(62)54-51-47(63-53)10-7-40-32-77-26-4-20-69(40)55(51)66-58(65-54)79-34-60-18-3-21-71(60)41(13-19-60)33-78-59(76)68-24-14-35(15-25-68)30-67-22-16-36(17-23-67)37-5-8-44-39(27-37)31-70(57(44)75)48-11-12-49(73)64-56(48)74/h5-6,8-9,27-29,35-36,40-41,48,72H,2-4,7,10-26,30-34H2,1H3,(H,64,73,74)/t40-,41-,48?,60-/m0/s1. The van der Waals surface area contributed by atoms with Gasteiger partial charge >= 0.3 is 12.1 Å². The molecule has 3 aromatic carbocycles. The first-order chi connectivity index (χ1) is 38.4. The van der Waals surface area contributed by atoms with Crippen molar-refractivity contribution in [2.24, 2.45) is 5.92 Å². The minimum atomic E-state index is -0.683. The molecule has 17 nitrogen and oxygen atoms in total. The Balaban J connectivity index is 0.632. The first-order valence-electron chi connectivity index (χ1n) is 28.9. The van der Waals surface area contributed by atoms with Gasteiger partial charge in [0, 0.05) is 62.9 Å². The van der Waals surface area contributed by atoms with Gasteiger partial charge in [0.05, 0.1) is 29.3 Å². The van der Waals surface area contributed by atoms with Crippen LogP contribution in [0.25, 0.3) is 32.9 Å². The van der Waals surface area contributed by atoms with E-state index in [2.05, 4.69) is 32.1 Å². The Kier molecular flexibility index (Phi) is 13.9. The number of ether oxygens (including phenoxy) is 3. The highest BCUT2D eigenvalue weighted by molar-refractivity contribution is 6.06. The number of piperidine rings is 3. The van der Waals surface area contributed by atoms with Gasteiger partial charge in [0.25, 0.3) is 5.91 Å². The number of rotatable bonds is 11. The van der Waals surface area contributed by atoms with Crippen LogP contribution in [0.2, 0.25) is 0 Å². The zero-order valence-electron chi connectivity index (χ0n) is 45.0. The van der Waals surface area contributed by atoms with E-state index in [0.717, 1.165) is 89.5 Å². The number of aryl methyl sites for hydroxylation is 2. The molecule has 8 aliphatic heterocycles. The molecule has 6 fully saturated rings. The van der Waals surface area contributed by atoms with Crippen molar-refractivity contribution >= 4 is 51.3 Å². The molecule has 2 aromatic heterocycles. The molecule has 6 saturated heterocycles. The van der Waals surface area contributed by atoms with E-state index in [1.54, 1.807) is 17.0 Å². The van der Waals surface area contributed by atoms with Crippen molar-refractivity contribution in [2.45, 2.75) is 133 Å². The third-order valence-corrected chi connectivity index (χ3v) is 18.9. The van der Waals surface area contributed by atoms with Gasteiger partial charge in [0.1, 0.15) is 47.9 Å². The molecule has 79 heavy (non-hydrogen) atoms. The molecule has 0 saturated carbocycles. The first kappa shape index (κ1) is 51.8. The van der Waals surface area contributed by atoms with E-state index >= 15 is 8.78 Å². The highest BCUT2D eigenvalue weighted by atomic mass is 19.1. The molecular formula is C60H69F2N9O8. The zero-order chi connectivity index (χ0) is 54.1. The van der Waals surface area contributed by atoms with Gasteiger partial charge in [-0.15, -0.1) is 0 Å². The molecule has 19 heteroatoms. The summed E-state index contributed by atoms with van der Waals surface area (Å²) in [6.07, 6.45) is 10.1. The second kappa shape index (κ2) is 21.2. The summed E-state index contributed by atoms with van der Waals surface area (Å²) in [7, 11) is 0. The number of halogens is 2. The Hall–Kier alpha value is -6.57. The van der Waals surface area contributed by atoms with E-state index in [1.807, 2.05) is 17.9 Å². The van der Waals surface area contributed by atoms with Crippen LogP contribution in [-0.2, 0) is 38.4 Å². The normalized spacial score (nSPS) is 25.1. The maximum Gasteiger partial charge on any atom is 0.409 e. The van der Waals surface area contributed by atoms with Crippen LogP contribution in [0.4, 0.5) is 19.4 Å². The van der Waals surface area contributed by atoms with E-state index in [4.69, 9.17) is 29.2 Å². The second-order valence-electron chi connectivity index (χ2n) is 23.5. The number of aromatic nitrogens is 3. The quantitative estimate of drug-likeness (QED) is 0.122. The van der Waals surface area contributed by atoms with Crippen LogP contribution in [0, 0.1) is 17.6 Å². The van der Waals surface area contributed by atoms with Gasteiger partial charge in [0.2, 0.25) is 11.8 Å². The van der Waals surface area contributed by atoms with Crippen LogP contribution in [0.3, 0.4) is 0 Å². The lowest BCUT2D eigenvalue weighted by Crippen LogP contribution is -2.52. The second-order valence-corrected chi connectivity index (χ2v) is 23.5. The van der Waals surface area contributed by atoms with E-state index in [9.17, 15) is 24.3 Å². The Morgan fingerprint density at radius 3 is 2.53 bits per heavy atom. The number of phenols is 1. The lowest BCUT2D eigenvalue weighted by Gasteiger charge is -2.38. The fourth-order valence-corrected chi connectivity index (χ4v) is 14.7. The Morgan fingerprint density at radius 2 is 1.71 bits per heavy atom. The van der Waals surface area contributed by atoms with Crippen LogP contribution < -0.4 is 15.0 Å². The molecule has 2 N–H and O–H groups in total. The summed E-state index contributed by atoms with van der Waals surface area (Å²) >= 11 is 0. The molecule has 8 aliphatic rings. The number of carbonyl (C=O) groups excluding carboxylic acids is 4. The van der Waals surface area contributed by atoms with Gasteiger partial charge in [-0.05, 0) is 167 Å². The monoisotopic (exact) mass is 1080 g/mol. The summed E-state index contributed by atoms with van der Waals surface area (Å²) in [4.78, 5) is 76.7. The van der Waals surface area contributed by atoms with Crippen LogP contribution in [0.15, 0.2) is 42.5 Å². The fraction of sp³-hybridized carbons (Fsp3) is 0.550. The summed E-state index contributed by atoms with van der Waals surface area (Å²) in [5.41, 5.74) is 3.94. The first-order valence-corrected chi connectivity index (χ1v) is 28.9. The molecule has 1 unspecified atom stereocenters. The van der Waals surface area contributed by atoms with Crippen molar-refractivity contribution < 1.29 is 47.3 Å². The predicted molar refractivity (Wildman–Crippen MR) is 290 cm³/mol. The lowest BCUT2D eigenvalue weighted by molar-refractivity contribution is -0.136. The largest absolute Gasteiger partial charge is 0.508 e. The lowest BCUT2D eigenvalue weighted by atomic mass is 9.87. The van der Waals surface area contributed by atoms with Gasteiger partial charge in [-0.2, -0.15) is 9.97 Å². The number of hydrogen-bond donors (Lipinski definition) is 2. The van der Waals surface area contributed by atoms with Crippen molar-refractivity contribution in [1.29, 1.82) is 0 Å². The molecule has 0 radical (unpaired) electrons. The molecule has 416 valence electrons. The van der Waals surface area contributed by atoms with Gasteiger partial charge in [-0.25, -0.2) is 18.6 Å². The number of pyridine rings is 1. The van der Waals surface area contributed by atoms with Crippen molar-refractivity contribution in [3.63, 3.8) is 0 Å². The number of phenolic OH excluding ortho intramolecular Hbond substituents is 1. The van der Waals surface area contributed by atoms with Crippen molar-refractivity contribution in [3.8, 4) is 23.0 Å². The average molecular weight is 1080 g/mol. The van der Waals surface area contributed by atoms with E-state index in [0.29, 0.717) is 128 Å².